The first-order valence-corrected chi connectivity index (χ1v) is 3.95. The van der Waals surface area contributed by atoms with Crippen molar-refractivity contribution < 1.29 is 19.3 Å². The molecule has 0 atom stereocenters. The van der Waals surface area contributed by atoms with Crippen LogP contribution < -0.4 is 0 Å². The average molecular weight is 176 g/mol. The Bertz CT molecular complexity index is 142. The van der Waals surface area contributed by atoms with Crippen molar-refractivity contribution in [2.24, 2.45) is 0 Å². The maximum atomic E-state index is 10.5. The summed E-state index contributed by atoms with van der Waals surface area (Å²) in [5.74, 6) is 0. The quantitative estimate of drug-likeness (QED) is 0.374. The van der Waals surface area contributed by atoms with E-state index in [1.54, 1.807) is 0 Å². The van der Waals surface area contributed by atoms with Crippen LogP contribution in [0.1, 0.15) is 33.6 Å². The summed E-state index contributed by atoms with van der Waals surface area (Å²) < 4.78 is 4.24. The van der Waals surface area contributed by atoms with Crippen LogP contribution >= 0.6 is 0 Å². The Morgan fingerprint density at radius 1 is 1.42 bits per heavy atom. The maximum absolute atomic E-state index is 10.5. The molecule has 0 bridgehead atoms. The molecule has 0 rings (SSSR count). The van der Waals surface area contributed by atoms with Gasteiger partial charge in [-0.15, -0.1) is 0 Å². The number of rotatable bonds is 4. The molecule has 4 heteroatoms. The van der Waals surface area contributed by atoms with Gasteiger partial charge in [-0.05, 0) is 20.3 Å². The molecule has 0 aliphatic rings. The SMILES string of the molecule is CCCC(C)(C)OOC(=O)OC. The minimum absolute atomic E-state index is 0.442. The van der Waals surface area contributed by atoms with Gasteiger partial charge in [-0.2, -0.15) is 4.89 Å². The van der Waals surface area contributed by atoms with Gasteiger partial charge in [0.2, 0.25) is 0 Å². The number of carbonyl (C=O) groups is 1. The molecule has 72 valence electrons. The molecule has 0 aliphatic carbocycles. The summed E-state index contributed by atoms with van der Waals surface area (Å²) in [6.07, 6.45) is 0.973. The lowest BCUT2D eigenvalue weighted by Gasteiger charge is -2.20. The first-order valence-electron chi connectivity index (χ1n) is 3.95. The number of hydrogen-bond donors (Lipinski definition) is 0. The van der Waals surface area contributed by atoms with Gasteiger partial charge < -0.3 is 4.74 Å². The fourth-order valence-electron chi connectivity index (χ4n) is 0.825. The Hall–Kier alpha value is -0.770. The Morgan fingerprint density at radius 3 is 2.42 bits per heavy atom. The van der Waals surface area contributed by atoms with E-state index in [4.69, 9.17) is 4.89 Å². The van der Waals surface area contributed by atoms with Crippen LogP contribution in [0.4, 0.5) is 4.79 Å². The standard InChI is InChI=1S/C8H16O4/c1-5-6-8(2,3)12-11-7(9)10-4/h5-6H2,1-4H3. The van der Waals surface area contributed by atoms with Gasteiger partial charge in [-0.3, -0.25) is 4.89 Å². The highest BCUT2D eigenvalue weighted by Crippen LogP contribution is 2.16. The van der Waals surface area contributed by atoms with Crippen molar-refractivity contribution in [1.82, 2.24) is 0 Å². The zero-order valence-corrected chi connectivity index (χ0v) is 8.05. The van der Waals surface area contributed by atoms with Crippen LogP contribution in [0.3, 0.4) is 0 Å². The molecule has 0 N–H and O–H groups in total. The van der Waals surface area contributed by atoms with Crippen LogP contribution in [-0.2, 0) is 14.5 Å². The molecule has 0 saturated carbocycles. The molecule has 0 radical (unpaired) electrons. The molecule has 0 heterocycles. The Morgan fingerprint density at radius 2 is 2.00 bits per heavy atom. The molecule has 0 fully saturated rings. The van der Waals surface area contributed by atoms with Crippen molar-refractivity contribution in [3.8, 4) is 0 Å². The molecule has 4 nitrogen and oxygen atoms in total. The summed E-state index contributed by atoms with van der Waals surface area (Å²) in [6.45, 7) is 5.72. The van der Waals surface area contributed by atoms with E-state index in [-0.39, 0.29) is 0 Å². The van der Waals surface area contributed by atoms with E-state index in [9.17, 15) is 4.79 Å². The monoisotopic (exact) mass is 176 g/mol. The minimum Gasteiger partial charge on any atom is -0.436 e. The maximum Gasteiger partial charge on any atom is 0.540 e. The van der Waals surface area contributed by atoms with E-state index >= 15 is 0 Å². The van der Waals surface area contributed by atoms with E-state index in [1.165, 1.54) is 7.11 Å². The third-order valence-electron chi connectivity index (χ3n) is 1.35. The first-order chi connectivity index (χ1) is 5.52. The molecule has 0 aromatic rings. The van der Waals surface area contributed by atoms with Crippen LogP contribution in [0.25, 0.3) is 0 Å². The van der Waals surface area contributed by atoms with E-state index < -0.39 is 11.8 Å². The largest absolute Gasteiger partial charge is 0.540 e. The predicted molar refractivity (Wildman–Crippen MR) is 43.6 cm³/mol. The highest BCUT2D eigenvalue weighted by Gasteiger charge is 2.21. The van der Waals surface area contributed by atoms with Crippen LogP contribution in [0.15, 0.2) is 0 Å². The molecule has 0 aromatic heterocycles. The van der Waals surface area contributed by atoms with E-state index in [2.05, 4.69) is 9.62 Å². The van der Waals surface area contributed by atoms with Crippen LogP contribution in [0.5, 0.6) is 0 Å². The molecule has 0 spiro atoms. The van der Waals surface area contributed by atoms with Crippen molar-refractivity contribution >= 4 is 6.16 Å². The highest BCUT2D eigenvalue weighted by molar-refractivity contribution is 5.58. The highest BCUT2D eigenvalue weighted by atomic mass is 17.2. The van der Waals surface area contributed by atoms with Crippen molar-refractivity contribution in [2.45, 2.75) is 39.2 Å². The van der Waals surface area contributed by atoms with Gasteiger partial charge in [0.15, 0.2) is 0 Å². The zero-order chi connectivity index (χ0) is 9.61. The van der Waals surface area contributed by atoms with Gasteiger partial charge in [0.05, 0.1) is 7.11 Å². The molecular formula is C8H16O4. The molecule has 0 unspecified atom stereocenters. The van der Waals surface area contributed by atoms with Gasteiger partial charge >= 0.3 is 6.16 Å². The van der Waals surface area contributed by atoms with Crippen LogP contribution in [0.2, 0.25) is 0 Å². The van der Waals surface area contributed by atoms with E-state index in [0.717, 1.165) is 12.8 Å². The van der Waals surface area contributed by atoms with Crippen molar-refractivity contribution in [3.05, 3.63) is 0 Å². The summed E-state index contributed by atoms with van der Waals surface area (Å²) in [5.41, 5.74) is -0.442. The third-order valence-corrected chi connectivity index (χ3v) is 1.35. The summed E-state index contributed by atoms with van der Waals surface area (Å²) in [4.78, 5) is 19.7. The number of ether oxygens (including phenoxy) is 1. The number of methoxy groups -OCH3 is 1. The Labute approximate surface area is 72.7 Å². The topological polar surface area (TPSA) is 44.8 Å². The zero-order valence-electron chi connectivity index (χ0n) is 8.05. The second-order valence-electron chi connectivity index (χ2n) is 3.13. The first kappa shape index (κ1) is 11.2. The second kappa shape index (κ2) is 4.98. The molecule has 0 amide bonds. The van der Waals surface area contributed by atoms with Crippen molar-refractivity contribution in [2.75, 3.05) is 7.11 Å². The van der Waals surface area contributed by atoms with Gasteiger partial charge in [-0.25, -0.2) is 4.79 Å². The normalized spacial score (nSPS) is 11.0. The van der Waals surface area contributed by atoms with Gasteiger partial charge in [0.25, 0.3) is 0 Å². The van der Waals surface area contributed by atoms with Gasteiger partial charge in [-0.1, -0.05) is 13.3 Å². The summed E-state index contributed by atoms with van der Waals surface area (Å²) in [5, 5.41) is 0. The fraction of sp³-hybridized carbons (Fsp3) is 0.875. The van der Waals surface area contributed by atoms with Crippen molar-refractivity contribution in [3.63, 3.8) is 0 Å². The summed E-state index contributed by atoms with van der Waals surface area (Å²) in [6, 6.07) is 0. The van der Waals surface area contributed by atoms with Gasteiger partial charge in [0, 0.05) is 0 Å². The summed E-state index contributed by atoms with van der Waals surface area (Å²) >= 11 is 0. The van der Waals surface area contributed by atoms with Crippen LogP contribution in [-0.4, -0.2) is 18.9 Å². The average Bonchev–Trinajstić information content (AvgIpc) is 2.00. The summed E-state index contributed by atoms with van der Waals surface area (Å²) in [7, 11) is 1.23. The minimum atomic E-state index is -0.820. The Balaban J connectivity index is 3.67. The number of carbonyl (C=O) groups excluding carboxylic acids is 1. The van der Waals surface area contributed by atoms with Crippen molar-refractivity contribution in [1.29, 1.82) is 0 Å². The molecule has 12 heavy (non-hydrogen) atoms. The fourth-order valence-corrected chi connectivity index (χ4v) is 0.825. The second-order valence-corrected chi connectivity index (χ2v) is 3.13. The molecular weight excluding hydrogens is 160 g/mol. The molecule has 0 aliphatic heterocycles. The lowest BCUT2D eigenvalue weighted by atomic mass is 10.0. The lowest BCUT2D eigenvalue weighted by Crippen LogP contribution is -2.25. The Kier molecular flexibility index (Phi) is 4.66. The smallest absolute Gasteiger partial charge is 0.436 e. The molecule has 0 saturated heterocycles. The predicted octanol–water partition coefficient (Wildman–Crippen LogP) is 2.28. The third kappa shape index (κ3) is 4.96. The number of hydrogen-bond acceptors (Lipinski definition) is 4. The van der Waals surface area contributed by atoms with E-state index in [1.807, 2.05) is 20.8 Å². The molecule has 0 aromatic carbocycles. The van der Waals surface area contributed by atoms with E-state index in [0.29, 0.717) is 0 Å². The lowest BCUT2D eigenvalue weighted by molar-refractivity contribution is -0.317. The van der Waals surface area contributed by atoms with Crippen LogP contribution in [0, 0.1) is 0 Å². The van der Waals surface area contributed by atoms with Gasteiger partial charge in [0.1, 0.15) is 5.60 Å².